The average Bonchev–Trinajstić information content (AvgIpc) is 2.98. The molecule has 2 aromatic carbocycles. The van der Waals surface area contributed by atoms with Gasteiger partial charge < -0.3 is 4.42 Å². The summed E-state index contributed by atoms with van der Waals surface area (Å²) < 4.78 is 5.70. The molecule has 0 saturated carbocycles. The van der Waals surface area contributed by atoms with E-state index in [0.717, 1.165) is 20.7 Å². The van der Waals surface area contributed by atoms with Crippen LogP contribution >= 0.6 is 23.4 Å². The summed E-state index contributed by atoms with van der Waals surface area (Å²) in [6, 6.07) is 21.2. The molecule has 1 heterocycles. The summed E-state index contributed by atoms with van der Waals surface area (Å²) in [5.74, 6) is 0.694. The van der Waals surface area contributed by atoms with Crippen LogP contribution in [0.3, 0.4) is 0 Å². The largest absolute Gasteiger partial charge is 0.448 e. The van der Waals surface area contributed by atoms with E-state index in [1.54, 1.807) is 6.21 Å². The second-order valence-corrected chi connectivity index (χ2v) is 5.96. The molecule has 5 heteroatoms. The molecular weight excluding hydrogens is 316 g/mol. The summed E-state index contributed by atoms with van der Waals surface area (Å²) in [4.78, 5) is 1.07. The molecule has 1 aromatic heterocycles. The van der Waals surface area contributed by atoms with Gasteiger partial charge in [-0.15, -0.1) is 0 Å². The molecule has 110 valence electrons. The lowest BCUT2D eigenvalue weighted by Crippen LogP contribution is -1.88. The quantitative estimate of drug-likeness (QED) is 0.494. The van der Waals surface area contributed by atoms with E-state index >= 15 is 0 Å². The molecule has 0 saturated heterocycles. The number of para-hydroxylation sites is 1. The zero-order valence-electron chi connectivity index (χ0n) is 11.6. The topological polar surface area (TPSA) is 37.5 Å². The molecule has 22 heavy (non-hydrogen) atoms. The maximum atomic E-state index is 5.87. The van der Waals surface area contributed by atoms with Gasteiger partial charge in [-0.3, -0.25) is 5.43 Å². The molecule has 0 aliphatic rings. The minimum atomic E-state index is 0.694. The van der Waals surface area contributed by atoms with Crippen molar-refractivity contribution in [2.24, 2.45) is 5.10 Å². The highest BCUT2D eigenvalue weighted by Gasteiger charge is 2.03. The molecule has 3 nitrogen and oxygen atoms in total. The number of hydrogen-bond acceptors (Lipinski definition) is 4. The minimum absolute atomic E-state index is 0.694. The molecule has 0 radical (unpaired) electrons. The number of hydrogen-bond donors (Lipinski definition) is 1. The Hall–Kier alpha value is -2.17. The zero-order chi connectivity index (χ0) is 15.2. The third-order valence-electron chi connectivity index (χ3n) is 2.79. The third-order valence-corrected chi connectivity index (χ3v) is 3.97. The van der Waals surface area contributed by atoms with Crippen molar-refractivity contribution in [1.29, 1.82) is 0 Å². The van der Waals surface area contributed by atoms with Crippen LogP contribution in [0, 0.1) is 0 Å². The number of anilines is 1. The van der Waals surface area contributed by atoms with Gasteiger partial charge >= 0.3 is 0 Å². The highest BCUT2D eigenvalue weighted by atomic mass is 35.5. The molecule has 3 rings (SSSR count). The second-order valence-electron chi connectivity index (χ2n) is 4.45. The Morgan fingerprint density at radius 2 is 1.73 bits per heavy atom. The fourth-order valence-corrected chi connectivity index (χ4v) is 2.66. The van der Waals surface area contributed by atoms with Gasteiger partial charge in [-0.2, -0.15) is 5.10 Å². The van der Waals surface area contributed by atoms with Crippen LogP contribution in [-0.2, 0) is 0 Å². The SMILES string of the molecule is Clc1ccc(Sc2ccc(/C=N/Nc3ccccc3)o2)cc1. The van der Waals surface area contributed by atoms with E-state index in [1.807, 2.05) is 66.7 Å². The van der Waals surface area contributed by atoms with E-state index in [4.69, 9.17) is 16.0 Å². The van der Waals surface area contributed by atoms with Crippen molar-refractivity contribution in [3.63, 3.8) is 0 Å². The summed E-state index contributed by atoms with van der Waals surface area (Å²) in [6.07, 6.45) is 1.65. The molecule has 0 aliphatic heterocycles. The number of hydrazone groups is 1. The van der Waals surface area contributed by atoms with Gasteiger partial charge in [0.15, 0.2) is 5.09 Å². The molecule has 0 amide bonds. The van der Waals surface area contributed by atoms with Crippen molar-refractivity contribution in [2.75, 3.05) is 5.43 Å². The zero-order valence-corrected chi connectivity index (χ0v) is 13.1. The predicted molar refractivity (Wildman–Crippen MR) is 91.9 cm³/mol. The molecule has 0 unspecified atom stereocenters. The molecule has 0 bridgehead atoms. The lowest BCUT2D eigenvalue weighted by atomic mass is 10.3. The van der Waals surface area contributed by atoms with E-state index in [9.17, 15) is 0 Å². The standard InChI is InChI=1S/C17H13ClN2OS/c18-13-6-9-16(10-7-13)22-17-11-8-15(21-17)12-19-20-14-4-2-1-3-5-14/h1-12,20H/b19-12+. The third kappa shape index (κ3) is 4.16. The summed E-state index contributed by atoms with van der Waals surface area (Å²) in [6.45, 7) is 0. The first-order valence-electron chi connectivity index (χ1n) is 6.67. The fourth-order valence-electron chi connectivity index (χ4n) is 1.76. The summed E-state index contributed by atoms with van der Waals surface area (Å²) in [5, 5.41) is 5.68. The summed E-state index contributed by atoms with van der Waals surface area (Å²) in [7, 11) is 0. The Bertz CT molecular complexity index is 754. The highest BCUT2D eigenvalue weighted by Crippen LogP contribution is 2.29. The van der Waals surface area contributed by atoms with Crippen LogP contribution in [0.1, 0.15) is 5.76 Å². The first-order chi connectivity index (χ1) is 10.8. The van der Waals surface area contributed by atoms with Gasteiger partial charge in [-0.05, 0) is 48.5 Å². The van der Waals surface area contributed by atoms with Crippen LogP contribution < -0.4 is 5.43 Å². The molecule has 3 aromatic rings. The van der Waals surface area contributed by atoms with E-state index in [1.165, 1.54) is 11.8 Å². The Labute approximate surface area is 138 Å². The van der Waals surface area contributed by atoms with E-state index in [-0.39, 0.29) is 0 Å². The monoisotopic (exact) mass is 328 g/mol. The second kappa shape index (κ2) is 7.20. The van der Waals surface area contributed by atoms with Crippen LogP contribution in [-0.4, -0.2) is 6.21 Å². The predicted octanol–water partition coefficient (Wildman–Crippen LogP) is 5.53. The maximum Gasteiger partial charge on any atom is 0.165 e. The smallest absolute Gasteiger partial charge is 0.165 e. The summed E-state index contributed by atoms with van der Waals surface area (Å²) >= 11 is 7.41. The number of rotatable bonds is 5. The van der Waals surface area contributed by atoms with Crippen molar-refractivity contribution < 1.29 is 4.42 Å². The number of nitrogens with zero attached hydrogens (tertiary/aromatic N) is 1. The van der Waals surface area contributed by atoms with Crippen LogP contribution in [0.15, 0.2) is 86.2 Å². The summed E-state index contributed by atoms with van der Waals surface area (Å²) in [5.41, 5.74) is 3.88. The van der Waals surface area contributed by atoms with Gasteiger partial charge in [0.2, 0.25) is 0 Å². The first kappa shape index (κ1) is 14.8. The van der Waals surface area contributed by atoms with Crippen molar-refractivity contribution >= 4 is 35.3 Å². The Balaban J connectivity index is 1.60. The molecule has 0 spiro atoms. The molecule has 1 N–H and O–H groups in total. The van der Waals surface area contributed by atoms with Crippen LogP contribution in [0.2, 0.25) is 5.02 Å². The normalized spacial score (nSPS) is 11.0. The van der Waals surface area contributed by atoms with Crippen LogP contribution in [0.5, 0.6) is 0 Å². The number of benzene rings is 2. The Morgan fingerprint density at radius 1 is 0.955 bits per heavy atom. The number of halogens is 1. The number of nitrogens with one attached hydrogen (secondary N) is 1. The maximum absolute atomic E-state index is 5.87. The van der Waals surface area contributed by atoms with Crippen molar-refractivity contribution in [3.05, 3.63) is 77.5 Å². The minimum Gasteiger partial charge on any atom is -0.448 e. The van der Waals surface area contributed by atoms with E-state index in [0.29, 0.717) is 5.76 Å². The van der Waals surface area contributed by atoms with Crippen LogP contribution in [0.4, 0.5) is 5.69 Å². The van der Waals surface area contributed by atoms with Gasteiger partial charge in [-0.1, -0.05) is 41.6 Å². The molecule has 0 atom stereocenters. The average molecular weight is 329 g/mol. The van der Waals surface area contributed by atoms with Gasteiger partial charge in [0.1, 0.15) is 5.76 Å². The first-order valence-corrected chi connectivity index (χ1v) is 7.86. The van der Waals surface area contributed by atoms with E-state index in [2.05, 4.69) is 10.5 Å². The molecule has 0 aliphatic carbocycles. The van der Waals surface area contributed by atoms with Gasteiger partial charge in [0.25, 0.3) is 0 Å². The van der Waals surface area contributed by atoms with Crippen molar-refractivity contribution in [2.45, 2.75) is 9.99 Å². The molecular formula is C17H13ClN2OS. The highest BCUT2D eigenvalue weighted by molar-refractivity contribution is 7.99. The lowest BCUT2D eigenvalue weighted by molar-refractivity contribution is 0.469. The van der Waals surface area contributed by atoms with Crippen molar-refractivity contribution in [1.82, 2.24) is 0 Å². The molecule has 0 fully saturated rings. The lowest BCUT2D eigenvalue weighted by Gasteiger charge is -1.98. The van der Waals surface area contributed by atoms with Crippen LogP contribution in [0.25, 0.3) is 0 Å². The Morgan fingerprint density at radius 3 is 2.50 bits per heavy atom. The number of furan rings is 1. The van der Waals surface area contributed by atoms with E-state index < -0.39 is 0 Å². The fraction of sp³-hybridized carbons (Fsp3) is 0. The van der Waals surface area contributed by atoms with Gasteiger partial charge in [0, 0.05) is 9.92 Å². The van der Waals surface area contributed by atoms with Gasteiger partial charge in [-0.25, -0.2) is 0 Å². The Kier molecular flexibility index (Phi) is 4.83. The van der Waals surface area contributed by atoms with Gasteiger partial charge in [0.05, 0.1) is 11.9 Å². The van der Waals surface area contributed by atoms with Crippen molar-refractivity contribution in [3.8, 4) is 0 Å².